The average molecular weight is 376 g/mol. The summed E-state index contributed by atoms with van der Waals surface area (Å²) in [7, 11) is 0. The number of hydrogen-bond acceptors (Lipinski definition) is 2. The number of aromatic carboxylic acids is 1. The summed E-state index contributed by atoms with van der Waals surface area (Å²) in [6.45, 7) is 2.95. The molecule has 3 aromatic carbocycles. The Labute approximate surface area is 167 Å². The Bertz CT molecular complexity index is 916. The van der Waals surface area contributed by atoms with E-state index in [0.717, 1.165) is 40.7 Å². The fourth-order valence-electron chi connectivity index (χ4n) is 3.56. The van der Waals surface area contributed by atoms with E-state index in [2.05, 4.69) is 6.92 Å². The Hall–Kier alpha value is -2.81. The van der Waals surface area contributed by atoms with E-state index in [1.54, 1.807) is 6.07 Å². The van der Waals surface area contributed by atoms with Gasteiger partial charge in [0, 0.05) is 5.56 Å². The lowest BCUT2D eigenvalue weighted by molar-refractivity contribution is 0.0698. The van der Waals surface area contributed by atoms with Crippen molar-refractivity contribution in [3.8, 4) is 16.9 Å². The Morgan fingerprint density at radius 3 is 2.39 bits per heavy atom. The fraction of sp³-hybridized carbons (Fsp3) is 0.320. The molecule has 0 aromatic heterocycles. The summed E-state index contributed by atoms with van der Waals surface area (Å²) in [5, 5.41) is 11.6. The van der Waals surface area contributed by atoms with Crippen molar-refractivity contribution in [2.45, 2.75) is 45.4 Å². The van der Waals surface area contributed by atoms with E-state index in [1.165, 1.54) is 32.1 Å². The first-order valence-corrected chi connectivity index (χ1v) is 10.2. The lowest BCUT2D eigenvalue weighted by Crippen LogP contribution is -2.01. The van der Waals surface area contributed by atoms with E-state index >= 15 is 0 Å². The number of carbonyl (C=O) groups is 1. The van der Waals surface area contributed by atoms with Crippen LogP contribution in [0.3, 0.4) is 0 Å². The van der Waals surface area contributed by atoms with Gasteiger partial charge in [0.2, 0.25) is 0 Å². The fourth-order valence-corrected chi connectivity index (χ4v) is 3.56. The molecule has 3 heteroatoms. The number of benzene rings is 3. The Morgan fingerprint density at radius 1 is 0.893 bits per heavy atom. The van der Waals surface area contributed by atoms with Crippen molar-refractivity contribution in [2.75, 3.05) is 6.61 Å². The van der Waals surface area contributed by atoms with Crippen molar-refractivity contribution in [1.29, 1.82) is 0 Å². The van der Waals surface area contributed by atoms with Crippen LogP contribution in [-0.2, 0) is 0 Å². The van der Waals surface area contributed by atoms with Crippen LogP contribution in [0, 0.1) is 0 Å². The molecule has 3 nitrogen and oxygen atoms in total. The van der Waals surface area contributed by atoms with E-state index in [-0.39, 0.29) is 0 Å². The van der Waals surface area contributed by atoms with Crippen LogP contribution in [0.2, 0.25) is 0 Å². The molecule has 0 radical (unpaired) electrons. The van der Waals surface area contributed by atoms with Crippen LogP contribution in [0.25, 0.3) is 21.9 Å². The van der Waals surface area contributed by atoms with Crippen molar-refractivity contribution in [3.63, 3.8) is 0 Å². The van der Waals surface area contributed by atoms with E-state index in [0.29, 0.717) is 5.56 Å². The van der Waals surface area contributed by atoms with Crippen molar-refractivity contribution in [3.05, 3.63) is 66.2 Å². The summed E-state index contributed by atoms with van der Waals surface area (Å²) in [6.07, 6.45) is 7.42. The minimum absolute atomic E-state index is 0.319. The van der Waals surface area contributed by atoms with Gasteiger partial charge in [-0.2, -0.15) is 0 Å². The molecule has 0 saturated carbocycles. The molecule has 146 valence electrons. The Balaban J connectivity index is 1.78. The van der Waals surface area contributed by atoms with Gasteiger partial charge in [-0.1, -0.05) is 81.5 Å². The molecule has 0 amide bonds. The zero-order valence-corrected chi connectivity index (χ0v) is 16.5. The van der Waals surface area contributed by atoms with Crippen LogP contribution in [0.1, 0.15) is 55.8 Å². The maximum Gasteiger partial charge on any atom is 0.336 e. The second-order valence-electron chi connectivity index (χ2n) is 7.16. The third kappa shape index (κ3) is 4.92. The molecule has 3 aromatic rings. The molecule has 0 fully saturated rings. The smallest absolute Gasteiger partial charge is 0.336 e. The van der Waals surface area contributed by atoms with Gasteiger partial charge in [-0.15, -0.1) is 0 Å². The van der Waals surface area contributed by atoms with Gasteiger partial charge in [-0.25, -0.2) is 4.79 Å². The lowest BCUT2D eigenvalue weighted by Gasteiger charge is -2.13. The van der Waals surface area contributed by atoms with E-state index in [1.807, 2.05) is 54.6 Å². The summed E-state index contributed by atoms with van der Waals surface area (Å²) >= 11 is 0. The Morgan fingerprint density at radius 2 is 1.64 bits per heavy atom. The monoisotopic (exact) mass is 376 g/mol. The molecule has 0 spiro atoms. The van der Waals surface area contributed by atoms with Crippen molar-refractivity contribution < 1.29 is 14.6 Å². The minimum Gasteiger partial charge on any atom is -0.494 e. The first-order valence-electron chi connectivity index (χ1n) is 10.2. The molecule has 0 saturated heterocycles. The topological polar surface area (TPSA) is 46.5 Å². The summed E-state index contributed by atoms with van der Waals surface area (Å²) in [4.78, 5) is 11.7. The molecule has 0 aliphatic rings. The predicted molar refractivity (Wildman–Crippen MR) is 115 cm³/mol. The van der Waals surface area contributed by atoms with Crippen LogP contribution in [0.15, 0.2) is 60.7 Å². The highest BCUT2D eigenvalue weighted by Gasteiger charge is 2.15. The predicted octanol–water partition coefficient (Wildman–Crippen LogP) is 6.94. The zero-order valence-electron chi connectivity index (χ0n) is 16.5. The molecule has 0 bridgehead atoms. The molecule has 3 rings (SSSR count). The van der Waals surface area contributed by atoms with Gasteiger partial charge in [0.25, 0.3) is 0 Å². The lowest BCUT2D eigenvalue weighted by atomic mass is 9.93. The second-order valence-corrected chi connectivity index (χ2v) is 7.16. The van der Waals surface area contributed by atoms with Crippen LogP contribution < -0.4 is 4.74 Å². The number of hydrogen-bond donors (Lipinski definition) is 1. The molecule has 1 N–H and O–H groups in total. The molecular formula is C25H28O3. The molecule has 0 atom stereocenters. The molecule has 0 aliphatic heterocycles. The molecular weight excluding hydrogens is 348 g/mol. The van der Waals surface area contributed by atoms with Crippen molar-refractivity contribution >= 4 is 16.7 Å². The SMILES string of the molecule is CCCCCCCCOc1ccc2c(-c3ccccc3)c(C(=O)O)ccc2c1. The summed E-state index contributed by atoms with van der Waals surface area (Å²) in [6, 6.07) is 19.2. The van der Waals surface area contributed by atoms with Gasteiger partial charge in [-0.05, 0) is 41.0 Å². The largest absolute Gasteiger partial charge is 0.494 e. The number of fused-ring (bicyclic) bond motifs is 1. The average Bonchev–Trinajstić information content (AvgIpc) is 2.72. The highest BCUT2D eigenvalue weighted by atomic mass is 16.5. The quantitative estimate of drug-likeness (QED) is 0.390. The number of unbranched alkanes of at least 4 members (excludes halogenated alkanes) is 5. The summed E-state index contributed by atoms with van der Waals surface area (Å²) < 4.78 is 5.93. The number of carboxylic acid groups (broad SMARTS) is 1. The van der Waals surface area contributed by atoms with Gasteiger partial charge in [0.05, 0.1) is 12.2 Å². The molecule has 0 unspecified atom stereocenters. The van der Waals surface area contributed by atoms with E-state index < -0.39 is 5.97 Å². The maximum absolute atomic E-state index is 11.7. The maximum atomic E-state index is 11.7. The number of rotatable bonds is 10. The van der Waals surface area contributed by atoms with Crippen LogP contribution >= 0.6 is 0 Å². The molecule has 0 aliphatic carbocycles. The van der Waals surface area contributed by atoms with Gasteiger partial charge < -0.3 is 9.84 Å². The van der Waals surface area contributed by atoms with Gasteiger partial charge in [0.1, 0.15) is 5.75 Å². The van der Waals surface area contributed by atoms with Crippen LogP contribution in [0.5, 0.6) is 5.75 Å². The van der Waals surface area contributed by atoms with Crippen LogP contribution in [0.4, 0.5) is 0 Å². The second kappa shape index (κ2) is 9.93. The third-order valence-corrected chi connectivity index (χ3v) is 5.05. The zero-order chi connectivity index (χ0) is 19.8. The first kappa shape index (κ1) is 19.9. The highest BCUT2D eigenvalue weighted by Crippen LogP contribution is 2.34. The Kier molecular flexibility index (Phi) is 7.07. The molecule has 0 heterocycles. The highest BCUT2D eigenvalue weighted by molar-refractivity contribution is 6.07. The third-order valence-electron chi connectivity index (χ3n) is 5.05. The van der Waals surface area contributed by atoms with Gasteiger partial charge in [0.15, 0.2) is 0 Å². The van der Waals surface area contributed by atoms with Crippen LogP contribution in [-0.4, -0.2) is 17.7 Å². The standard InChI is InChI=1S/C25H28O3/c1-2-3-4-5-6-10-17-28-21-14-16-22-20(18-21)13-15-23(25(26)27)24(22)19-11-8-7-9-12-19/h7-9,11-16,18H,2-6,10,17H2,1H3,(H,26,27). The summed E-state index contributed by atoms with van der Waals surface area (Å²) in [5.74, 6) is -0.0766. The van der Waals surface area contributed by atoms with Crippen molar-refractivity contribution in [1.82, 2.24) is 0 Å². The van der Waals surface area contributed by atoms with Crippen molar-refractivity contribution in [2.24, 2.45) is 0 Å². The first-order chi connectivity index (χ1) is 13.7. The van der Waals surface area contributed by atoms with Gasteiger partial charge >= 0.3 is 5.97 Å². The van der Waals surface area contributed by atoms with E-state index in [4.69, 9.17) is 4.74 Å². The van der Waals surface area contributed by atoms with Gasteiger partial charge in [-0.3, -0.25) is 0 Å². The minimum atomic E-state index is -0.913. The molecule has 28 heavy (non-hydrogen) atoms. The number of carboxylic acids is 1. The number of ether oxygens (including phenoxy) is 1. The normalized spacial score (nSPS) is 10.9. The van der Waals surface area contributed by atoms with E-state index in [9.17, 15) is 9.90 Å². The summed E-state index contributed by atoms with van der Waals surface area (Å²) in [5.41, 5.74) is 1.98.